The monoisotopic (exact) mass is 338 g/mol. The third-order valence-electron chi connectivity index (χ3n) is 3.58. The zero-order valence-electron chi connectivity index (χ0n) is 13.9. The summed E-state index contributed by atoms with van der Waals surface area (Å²) in [6, 6.07) is 6.54. The standard InChI is InChI=1S/C16H22N2O4S/c1-12-16(13(2)22-17-12)11-18(3)8-9-21-14-6-5-7-15(10-14)23(4,19)20/h5-7,10H,8-9,11H2,1-4H3. The van der Waals surface area contributed by atoms with Crippen molar-refractivity contribution in [2.24, 2.45) is 0 Å². The van der Waals surface area contributed by atoms with E-state index in [9.17, 15) is 8.42 Å². The van der Waals surface area contributed by atoms with E-state index in [4.69, 9.17) is 9.26 Å². The fraction of sp³-hybridized carbons (Fsp3) is 0.438. The van der Waals surface area contributed by atoms with Crippen molar-refractivity contribution in [3.05, 3.63) is 41.3 Å². The predicted molar refractivity (Wildman–Crippen MR) is 87.4 cm³/mol. The topological polar surface area (TPSA) is 72.6 Å². The summed E-state index contributed by atoms with van der Waals surface area (Å²) in [6.07, 6.45) is 1.18. The normalized spacial score (nSPS) is 11.9. The Balaban J connectivity index is 1.88. The number of ether oxygens (including phenoxy) is 1. The van der Waals surface area contributed by atoms with Crippen LogP contribution in [0.3, 0.4) is 0 Å². The molecule has 2 aromatic rings. The smallest absolute Gasteiger partial charge is 0.175 e. The number of aromatic nitrogens is 1. The Kier molecular flexibility index (Phi) is 5.43. The van der Waals surface area contributed by atoms with Gasteiger partial charge in [-0.05, 0) is 39.1 Å². The number of likely N-dealkylation sites (N-methyl/N-ethyl adjacent to an activating group) is 1. The van der Waals surface area contributed by atoms with Crippen LogP contribution in [0.2, 0.25) is 0 Å². The zero-order chi connectivity index (χ0) is 17.0. The van der Waals surface area contributed by atoms with E-state index >= 15 is 0 Å². The second-order valence-corrected chi connectivity index (χ2v) is 7.65. The molecule has 0 N–H and O–H groups in total. The molecule has 1 aromatic heterocycles. The van der Waals surface area contributed by atoms with E-state index < -0.39 is 9.84 Å². The Bertz CT molecular complexity index is 749. The lowest BCUT2D eigenvalue weighted by Crippen LogP contribution is -2.24. The average molecular weight is 338 g/mol. The van der Waals surface area contributed by atoms with E-state index in [0.29, 0.717) is 18.9 Å². The van der Waals surface area contributed by atoms with Crippen molar-refractivity contribution in [2.45, 2.75) is 25.3 Å². The maximum atomic E-state index is 11.5. The minimum Gasteiger partial charge on any atom is -0.492 e. The highest BCUT2D eigenvalue weighted by atomic mass is 32.2. The SMILES string of the molecule is Cc1noc(C)c1CN(C)CCOc1cccc(S(C)(=O)=O)c1. The second kappa shape index (κ2) is 7.14. The number of benzene rings is 1. The van der Waals surface area contributed by atoms with Gasteiger partial charge in [0.25, 0.3) is 0 Å². The molecule has 0 bridgehead atoms. The molecule has 0 amide bonds. The molecule has 0 saturated heterocycles. The van der Waals surface area contributed by atoms with Gasteiger partial charge in [-0.3, -0.25) is 4.90 Å². The van der Waals surface area contributed by atoms with Crippen LogP contribution < -0.4 is 4.74 Å². The van der Waals surface area contributed by atoms with Gasteiger partial charge >= 0.3 is 0 Å². The van der Waals surface area contributed by atoms with Crippen molar-refractivity contribution in [1.82, 2.24) is 10.1 Å². The molecule has 2 rings (SSSR count). The molecule has 6 nitrogen and oxygen atoms in total. The first-order valence-electron chi connectivity index (χ1n) is 7.30. The van der Waals surface area contributed by atoms with Crippen molar-refractivity contribution in [1.29, 1.82) is 0 Å². The largest absolute Gasteiger partial charge is 0.492 e. The van der Waals surface area contributed by atoms with Gasteiger partial charge in [0.15, 0.2) is 9.84 Å². The Morgan fingerprint density at radius 1 is 1.30 bits per heavy atom. The molecule has 0 aliphatic heterocycles. The van der Waals surface area contributed by atoms with Crippen LogP contribution in [0, 0.1) is 13.8 Å². The number of aryl methyl sites for hydroxylation is 2. The molecule has 0 saturated carbocycles. The second-order valence-electron chi connectivity index (χ2n) is 5.64. The molecular weight excluding hydrogens is 316 g/mol. The molecule has 0 unspecified atom stereocenters. The Morgan fingerprint density at radius 2 is 2.04 bits per heavy atom. The number of sulfone groups is 1. The average Bonchev–Trinajstić information content (AvgIpc) is 2.79. The Morgan fingerprint density at radius 3 is 2.65 bits per heavy atom. The van der Waals surface area contributed by atoms with Crippen molar-refractivity contribution in [3.63, 3.8) is 0 Å². The fourth-order valence-corrected chi connectivity index (χ4v) is 2.85. The molecule has 0 fully saturated rings. The van der Waals surface area contributed by atoms with Crippen LogP contribution in [0.25, 0.3) is 0 Å². The van der Waals surface area contributed by atoms with Gasteiger partial charge in [-0.25, -0.2) is 8.42 Å². The fourth-order valence-electron chi connectivity index (χ4n) is 2.19. The molecule has 1 heterocycles. The molecule has 23 heavy (non-hydrogen) atoms. The summed E-state index contributed by atoms with van der Waals surface area (Å²) in [4.78, 5) is 2.37. The molecule has 126 valence electrons. The highest BCUT2D eigenvalue weighted by Gasteiger charge is 2.12. The van der Waals surface area contributed by atoms with E-state index in [0.717, 1.165) is 23.6 Å². The van der Waals surface area contributed by atoms with Gasteiger partial charge in [0.1, 0.15) is 18.1 Å². The summed E-state index contributed by atoms with van der Waals surface area (Å²) in [7, 11) is -1.23. The van der Waals surface area contributed by atoms with E-state index in [-0.39, 0.29) is 4.90 Å². The molecule has 7 heteroatoms. The van der Waals surface area contributed by atoms with E-state index in [1.807, 2.05) is 20.9 Å². The number of hydrogen-bond acceptors (Lipinski definition) is 6. The van der Waals surface area contributed by atoms with Crippen LogP contribution in [0.15, 0.2) is 33.7 Å². The molecule has 0 aliphatic rings. The summed E-state index contributed by atoms with van der Waals surface area (Å²) >= 11 is 0. The van der Waals surface area contributed by atoms with Crippen molar-refractivity contribution < 1.29 is 17.7 Å². The summed E-state index contributed by atoms with van der Waals surface area (Å²) in [5.74, 6) is 1.38. The van der Waals surface area contributed by atoms with E-state index in [1.165, 1.54) is 6.26 Å². The van der Waals surface area contributed by atoms with Gasteiger partial charge in [-0.2, -0.15) is 0 Å². The first-order chi connectivity index (χ1) is 10.8. The Hall–Kier alpha value is -1.86. The summed E-state index contributed by atoms with van der Waals surface area (Å²) in [5.41, 5.74) is 1.99. The first-order valence-corrected chi connectivity index (χ1v) is 9.19. The van der Waals surface area contributed by atoms with Crippen molar-refractivity contribution in [3.8, 4) is 5.75 Å². The Labute approximate surface area is 137 Å². The van der Waals surface area contributed by atoms with Gasteiger partial charge in [-0.15, -0.1) is 0 Å². The summed E-state index contributed by atoms with van der Waals surface area (Å²) in [5, 5.41) is 3.94. The molecule has 1 aromatic carbocycles. The van der Waals surface area contributed by atoms with Crippen LogP contribution >= 0.6 is 0 Å². The predicted octanol–water partition coefficient (Wildman–Crippen LogP) is 2.21. The molecule has 0 aliphatic carbocycles. The van der Waals surface area contributed by atoms with Gasteiger partial charge in [-0.1, -0.05) is 11.2 Å². The van der Waals surface area contributed by atoms with Crippen LogP contribution in [0.1, 0.15) is 17.0 Å². The van der Waals surface area contributed by atoms with E-state index in [2.05, 4.69) is 10.1 Å². The summed E-state index contributed by atoms with van der Waals surface area (Å²) in [6.45, 7) is 5.72. The minimum atomic E-state index is -3.22. The maximum Gasteiger partial charge on any atom is 0.175 e. The van der Waals surface area contributed by atoms with Gasteiger partial charge in [0.2, 0.25) is 0 Å². The van der Waals surface area contributed by atoms with Crippen molar-refractivity contribution >= 4 is 9.84 Å². The zero-order valence-corrected chi connectivity index (χ0v) is 14.7. The first kappa shape index (κ1) is 17.5. The van der Waals surface area contributed by atoms with Crippen LogP contribution in [-0.4, -0.2) is 44.9 Å². The highest BCUT2D eigenvalue weighted by molar-refractivity contribution is 7.90. The lowest BCUT2D eigenvalue weighted by Gasteiger charge is -2.17. The number of nitrogens with zero attached hydrogens (tertiary/aromatic N) is 2. The van der Waals surface area contributed by atoms with Crippen LogP contribution in [0.4, 0.5) is 0 Å². The van der Waals surface area contributed by atoms with E-state index in [1.54, 1.807) is 24.3 Å². The lowest BCUT2D eigenvalue weighted by atomic mass is 10.2. The minimum absolute atomic E-state index is 0.263. The quantitative estimate of drug-likeness (QED) is 0.771. The third kappa shape index (κ3) is 4.80. The summed E-state index contributed by atoms with van der Waals surface area (Å²) < 4.78 is 33.9. The number of hydrogen-bond donors (Lipinski definition) is 0. The maximum absolute atomic E-state index is 11.5. The highest BCUT2D eigenvalue weighted by Crippen LogP contribution is 2.18. The van der Waals surface area contributed by atoms with Gasteiger partial charge < -0.3 is 9.26 Å². The van der Waals surface area contributed by atoms with Crippen molar-refractivity contribution in [2.75, 3.05) is 26.5 Å². The third-order valence-corrected chi connectivity index (χ3v) is 4.69. The van der Waals surface area contributed by atoms with Crippen LogP contribution in [-0.2, 0) is 16.4 Å². The molecule has 0 radical (unpaired) electrons. The van der Waals surface area contributed by atoms with Crippen LogP contribution in [0.5, 0.6) is 5.75 Å². The van der Waals surface area contributed by atoms with Gasteiger partial charge in [0.05, 0.1) is 10.6 Å². The molecule has 0 atom stereocenters. The lowest BCUT2D eigenvalue weighted by molar-refractivity contribution is 0.231. The number of rotatable bonds is 7. The molecular formula is C16H22N2O4S. The van der Waals surface area contributed by atoms with Gasteiger partial charge in [0, 0.05) is 24.9 Å². The molecule has 0 spiro atoms.